The first-order chi connectivity index (χ1) is 15.7. The maximum Gasteiger partial charge on any atom is 0.419 e. The van der Waals surface area contributed by atoms with Crippen LogP contribution in [0.25, 0.3) is 5.69 Å². The number of hydrogen-bond donors (Lipinski definition) is 0. The number of methoxy groups -OCH3 is 1. The number of amides is 1. The van der Waals surface area contributed by atoms with Gasteiger partial charge in [0.25, 0.3) is 5.91 Å². The molecule has 5 nitrogen and oxygen atoms in total. The third-order valence-electron chi connectivity index (χ3n) is 6.31. The Labute approximate surface area is 193 Å². The van der Waals surface area contributed by atoms with Crippen LogP contribution in [0.15, 0.2) is 54.7 Å². The van der Waals surface area contributed by atoms with Crippen LogP contribution in [-0.4, -0.2) is 35.6 Å². The summed E-state index contributed by atoms with van der Waals surface area (Å²) in [4.78, 5) is 14.7. The molecule has 2 aliphatic rings. The van der Waals surface area contributed by atoms with Crippen molar-refractivity contribution in [2.45, 2.75) is 24.6 Å². The lowest BCUT2D eigenvalue weighted by Crippen LogP contribution is -2.50. The van der Waals surface area contributed by atoms with Crippen LogP contribution in [0.5, 0.6) is 11.5 Å². The lowest BCUT2D eigenvalue weighted by molar-refractivity contribution is -0.138. The monoisotopic (exact) mass is 476 g/mol. The van der Waals surface area contributed by atoms with Gasteiger partial charge in [-0.2, -0.15) is 13.2 Å². The molecule has 0 atom stereocenters. The fourth-order valence-corrected chi connectivity index (χ4v) is 4.83. The van der Waals surface area contributed by atoms with Crippen molar-refractivity contribution in [2.75, 3.05) is 20.2 Å². The Balaban J connectivity index is 1.38. The van der Waals surface area contributed by atoms with Gasteiger partial charge in [-0.15, -0.1) is 0 Å². The Kier molecular flexibility index (Phi) is 5.08. The number of alkyl halides is 3. The molecule has 2 aromatic carbocycles. The van der Waals surface area contributed by atoms with Crippen LogP contribution in [-0.2, 0) is 11.8 Å². The highest BCUT2D eigenvalue weighted by molar-refractivity contribution is 6.30. The van der Waals surface area contributed by atoms with E-state index in [1.54, 1.807) is 11.0 Å². The third-order valence-corrected chi connectivity index (χ3v) is 6.55. The number of likely N-dealkylation sites (tertiary alicyclic amines) is 1. The smallest absolute Gasteiger partial charge is 0.419 e. The van der Waals surface area contributed by atoms with E-state index in [2.05, 4.69) is 4.57 Å². The number of ether oxygens (including phenoxy) is 2. The lowest BCUT2D eigenvalue weighted by Gasteiger charge is -2.45. The van der Waals surface area contributed by atoms with E-state index in [1.165, 1.54) is 6.07 Å². The van der Waals surface area contributed by atoms with Crippen LogP contribution in [0.2, 0.25) is 5.02 Å². The zero-order valence-electron chi connectivity index (χ0n) is 17.7. The number of fused-ring (bicyclic) bond motifs is 4. The number of halogens is 4. The molecule has 0 radical (unpaired) electrons. The molecule has 0 unspecified atom stereocenters. The van der Waals surface area contributed by atoms with Crippen LogP contribution in [0.3, 0.4) is 0 Å². The van der Waals surface area contributed by atoms with Crippen molar-refractivity contribution in [1.82, 2.24) is 9.47 Å². The van der Waals surface area contributed by atoms with Gasteiger partial charge in [0.1, 0.15) is 11.5 Å². The summed E-state index contributed by atoms with van der Waals surface area (Å²) in [5.41, 5.74) is 0.533. The molecule has 2 aliphatic heterocycles. The molecule has 9 heteroatoms. The fourth-order valence-electron chi connectivity index (χ4n) is 4.66. The van der Waals surface area contributed by atoms with E-state index in [0.717, 1.165) is 30.6 Å². The van der Waals surface area contributed by atoms with E-state index in [0.29, 0.717) is 36.7 Å². The molecular weight excluding hydrogens is 457 g/mol. The first-order valence-electron chi connectivity index (χ1n) is 10.4. The number of aromatic nitrogens is 1. The molecular formula is C24H20ClF3N2O3. The quantitative estimate of drug-likeness (QED) is 0.478. The minimum absolute atomic E-state index is 0.154. The predicted octanol–water partition coefficient (Wildman–Crippen LogP) is 5.68. The summed E-state index contributed by atoms with van der Waals surface area (Å²) in [6.45, 7) is 0.784. The minimum atomic E-state index is -4.56. The summed E-state index contributed by atoms with van der Waals surface area (Å²) in [6, 6.07) is 12.7. The average molecular weight is 477 g/mol. The molecule has 1 fully saturated rings. The normalized spacial score (nSPS) is 16.7. The van der Waals surface area contributed by atoms with Gasteiger partial charge in [-0.1, -0.05) is 11.6 Å². The Hall–Kier alpha value is -3.13. The molecule has 3 aromatic rings. The SMILES string of the molecule is COc1cc(C(=O)N2CCC3(CC2)Oc2cc(Cl)ccc2-n2cccc23)ccc1C(F)(F)F. The topological polar surface area (TPSA) is 43.7 Å². The molecule has 0 bridgehead atoms. The van der Waals surface area contributed by atoms with E-state index < -0.39 is 17.3 Å². The summed E-state index contributed by atoms with van der Waals surface area (Å²) in [7, 11) is 1.16. The van der Waals surface area contributed by atoms with Crippen molar-refractivity contribution in [2.24, 2.45) is 0 Å². The van der Waals surface area contributed by atoms with Crippen molar-refractivity contribution in [3.05, 3.63) is 76.6 Å². The summed E-state index contributed by atoms with van der Waals surface area (Å²) in [6.07, 6.45) is -1.52. The lowest BCUT2D eigenvalue weighted by atomic mass is 9.86. The zero-order valence-corrected chi connectivity index (χ0v) is 18.4. The summed E-state index contributed by atoms with van der Waals surface area (Å²) in [5.74, 6) is -0.0336. The number of nitrogens with zero attached hydrogens (tertiary/aromatic N) is 2. The molecule has 172 valence electrons. The molecule has 33 heavy (non-hydrogen) atoms. The van der Waals surface area contributed by atoms with Gasteiger partial charge in [-0.25, -0.2) is 0 Å². The van der Waals surface area contributed by atoms with Crippen LogP contribution >= 0.6 is 11.6 Å². The van der Waals surface area contributed by atoms with E-state index >= 15 is 0 Å². The highest BCUT2D eigenvalue weighted by Gasteiger charge is 2.45. The summed E-state index contributed by atoms with van der Waals surface area (Å²) >= 11 is 6.18. The Bertz CT molecular complexity index is 1230. The number of carbonyl (C=O) groups is 1. The van der Waals surface area contributed by atoms with Crippen LogP contribution in [0, 0.1) is 0 Å². The van der Waals surface area contributed by atoms with E-state index in [9.17, 15) is 18.0 Å². The second-order valence-corrected chi connectivity index (χ2v) is 8.61. The third kappa shape index (κ3) is 3.62. The molecule has 1 amide bonds. The standard InChI is InChI=1S/C24H20ClF3N2O3/c1-32-19-13-15(4-6-17(19)24(26,27)28)22(31)29-11-8-23(9-12-29)21-3-2-10-30(21)18-7-5-16(25)14-20(18)33-23/h2-7,10,13-14H,8-9,11-12H2,1H3. The molecule has 0 saturated carbocycles. The number of piperidine rings is 1. The van der Waals surface area contributed by atoms with Gasteiger partial charge < -0.3 is 18.9 Å². The number of rotatable bonds is 2. The predicted molar refractivity (Wildman–Crippen MR) is 116 cm³/mol. The summed E-state index contributed by atoms with van der Waals surface area (Å²) in [5, 5.41) is 0.573. The van der Waals surface area contributed by atoms with Gasteiger partial charge in [0.2, 0.25) is 0 Å². The average Bonchev–Trinajstić information content (AvgIpc) is 3.29. The van der Waals surface area contributed by atoms with Gasteiger partial charge in [0, 0.05) is 48.8 Å². The maximum atomic E-state index is 13.2. The number of benzene rings is 2. The van der Waals surface area contributed by atoms with E-state index in [4.69, 9.17) is 21.1 Å². The van der Waals surface area contributed by atoms with Crippen molar-refractivity contribution in [3.63, 3.8) is 0 Å². The molecule has 1 saturated heterocycles. The Morgan fingerprint density at radius 2 is 1.88 bits per heavy atom. The van der Waals surface area contributed by atoms with Crippen molar-refractivity contribution >= 4 is 17.5 Å². The van der Waals surface area contributed by atoms with Crippen molar-refractivity contribution < 1.29 is 27.4 Å². The Morgan fingerprint density at radius 3 is 2.58 bits per heavy atom. The molecule has 3 heterocycles. The van der Waals surface area contributed by atoms with E-state index in [1.807, 2.05) is 30.5 Å². The fraction of sp³-hybridized carbons (Fsp3) is 0.292. The highest BCUT2D eigenvalue weighted by atomic mass is 35.5. The first kappa shape index (κ1) is 21.7. The van der Waals surface area contributed by atoms with Gasteiger partial charge in [-0.05, 0) is 42.5 Å². The second kappa shape index (κ2) is 7.73. The van der Waals surface area contributed by atoms with Crippen molar-refractivity contribution in [3.8, 4) is 17.2 Å². The molecule has 0 N–H and O–H groups in total. The van der Waals surface area contributed by atoms with Gasteiger partial charge in [-0.3, -0.25) is 4.79 Å². The Morgan fingerprint density at radius 1 is 1.12 bits per heavy atom. The maximum absolute atomic E-state index is 13.2. The highest BCUT2D eigenvalue weighted by Crippen LogP contribution is 2.46. The number of hydrogen-bond acceptors (Lipinski definition) is 3. The zero-order chi connectivity index (χ0) is 23.4. The molecule has 1 spiro atoms. The van der Waals surface area contributed by atoms with Gasteiger partial charge in [0.05, 0.1) is 24.1 Å². The summed E-state index contributed by atoms with van der Waals surface area (Å²) < 4.78 is 52.9. The minimum Gasteiger partial charge on any atom is -0.496 e. The van der Waals surface area contributed by atoms with E-state index in [-0.39, 0.29) is 17.2 Å². The van der Waals surface area contributed by atoms with Gasteiger partial charge in [0.15, 0.2) is 5.60 Å². The molecule has 1 aromatic heterocycles. The number of carbonyl (C=O) groups excluding carboxylic acids is 1. The van der Waals surface area contributed by atoms with Gasteiger partial charge >= 0.3 is 6.18 Å². The first-order valence-corrected chi connectivity index (χ1v) is 10.8. The van der Waals surface area contributed by atoms with Crippen LogP contribution in [0.4, 0.5) is 13.2 Å². The van der Waals surface area contributed by atoms with Crippen molar-refractivity contribution in [1.29, 1.82) is 0 Å². The van der Waals surface area contributed by atoms with Crippen LogP contribution in [0.1, 0.15) is 34.5 Å². The second-order valence-electron chi connectivity index (χ2n) is 8.18. The largest absolute Gasteiger partial charge is 0.496 e. The molecule has 0 aliphatic carbocycles. The van der Waals surface area contributed by atoms with Crippen LogP contribution < -0.4 is 9.47 Å². The molecule has 5 rings (SSSR count).